The Labute approximate surface area is 293 Å². The van der Waals surface area contributed by atoms with Crippen molar-refractivity contribution >= 4 is 49.5 Å². The number of thiol groups is 1. The van der Waals surface area contributed by atoms with Crippen LogP contribution in [0.4, 0.5) is 11.4 Å². The van der Waals surface area contributed by atoms with Crippen LogP contribution in [-0.4, -0.2) is 56.3 Å². The van der Waals surface area contributed by atoms with E-state index in [4.69, 9.17) is 11.6 Å². The van der Waals surface area contributed by atoms with E-state index in [1.54, 1.807) is 0 Å². The molecule has 10 heteroatoms. The Morgan fingerprint density at radius 2 is 1.60 bits per heavy atom. The molecule has 5 rings (SSSR count). The molecule has 0 unspecified atom stereocenters. The summed E-state index contributed by atoms with van der Waals surface area (Å²) in [6.07, 6.45) is 13.9. The minimum absolute atomic E-state index is 0.211. The van der Waals surface area contributed by atoms with Crippen LogP contribution in [0, 0.1) is 0 Å². The van der Waals surface area contributed by atoms with Crippen LogP contribution in [0.5, 0.6) is 0 Å². The van der Waals surface area contributed by atoms with Crippen LogP contribution in [0.15, 0.2) is 94.7 Å². The number of hydrogen-bond acceptors (Lipinski definition) is 5. The molecule has 1 N–H and O–H groups in total. The molecule has 0 spiro atoms. The first-order valence-corrected chi connectivity index (χ1v) is 20.2. The van der Waals surface area contributed by atoms with E-state index >= 15 is 0 Å². The molecule has 0 fully saturated rings. The van der Waals surface area contributed by atoms with Crippen LogP contribution in [0.1, 0.15) is 83.8 Å². The van der Waals surface area contributed by atoms with Gasteiger partial charge in [-0.25, -0.2) is 8.42 Å². The first-order valence-electron chi connectivity index (χ1n) is 16.9. The molecule has 2 aliphatic heterocycles. The standard InChI is InChI=1S/C38H47ClN2O5S2/c1-37(2)30-16-5-7-18-32(30)40(24-9-11-26-47(42)43)34(37)22-20-28-14-13-15-29(36(28)39)21-23-35-38(3,4)31-17-6-8-19-33(31)41(35)25-10-12-27-48(44,45)46/h5-8,16-23,47H,9-15,24-27H2,1-4H3/p+1. The average Bonchev–Trinajstić information content (AvgIpc) is 3.38. The maximum atomic E-state index is 11.3. The number of allylic oxidation sites excluding steroid dienone is 8. The van der Waals surface area contributed by atoms with Crippen LogP contribution >= 0.6 is 11.6 Å². The largest absolute Gasteiger partial charge is 0.344 e. The highest BCUT2D eigenvalue weighted by Crippen LogP contribution is 2.48. The summed E-state index contributed by atoms with van der Waals surface area (Å²) in [6.45, 7) is 10.3. The van der Waals surface area contributed by atoms with Crippen molar-refractivity contribution in [3.8, 4) is 0 Å². The first-order chi connectivity index (χ1) is 22.7. The summed E-state index contributed by atoms with van der Waals surface area (Å²) < 4.78 is 56.5. The van der Waals surface area contributed by atoms with Crippen molar-refractivity contribution in [3.63, 3.8) is 0 Å². The highest BCUT2D eigenvalue weighted by molar-refractivity contribution is 7.85. The predicted molar refractivity (Wildman–Crippen MR) is 198 cm³/mol. The van der Waals surface area contributed by atoms with Gasteiger partial charge in [-0.3, -0.25) is 4.55 Å². The smallest absolute Gasteiger partial charge is 0.264 e. The Balaban J connectivity index is 1.44. The molecule has 0 amide bonds. The van der Waals surface area contributed by atoms with Crippen molar-refractivity contribution in [2.45, 2.75) is 83.5 Å². The molecule has 2 aromatic rings. The Kier molecular flexibility index (Phi) is 11.2. The van der Waals surface area contributed by atoms with E-state index in [-0.39, 0.29) is 22.3 Å². The van der Waals surface area contributed by atoms with Crippen LogP contribution in [0.2, 0.25) is 0 Å². The highest BCUT2D eigenvalue weighted by Gasteiger charge is 2.44. The summed E-state index contributed by atoms with van der Waals surface area (Å²) in [5, 5.41) is 0.780. The Bertz CT molecular complexity index is 1890. The topological polar surface area (TPSA) is 94.8 Å². The number of rotatable bonds is 13. The zero-order chi connectivity index (χ0) is 34.7. The Morgan fingerprint density at radius 1 is 0.896 bits per heavy atom. The number of hydrogen-bond donors (Lipinski definition) is 2. The molecule has 0 radical (unpaired) electrons. The van der Waals surface area contributed by atoms with Crippen molar-refractivity contribution in [3.05, 3.63) is 106 Å². The highest BCUT2D eigenvalue weighted by atomic mass is 35.5. The molecule has 2 heterocycles. The third kappa shape index (κ3) is 7.91. The van der Waals surface area contributed by atoms with Crippen molar-refractivity contribution in [1.29, 1.82) is 0 Å². The molecule has 0 saturated carbocycles. The Hall–Kier alpha value is -2.98. The first kappa shape index (κ1) is 36.3. The van der Waals surface area contributed by atoms with Gasteiger partial charge in [-0.15, -0.1) is 0 Å². The fraction of sp³-hybridized carbons (Fsp3) is 0.447. The van der Waals surface area contributed by atoms with Gasteiger partial charge in [0.1, 0.15) is 17.2 Å². The molecule has 0 saturated heterocycles. The average molecular weight is 712 g/mol. The number of benzene rings is 2. The maximum Gasteiger partial charge on any atom is 0.264 e. The molecule has 0 bridgehead atoms. The monoisotopic (exact) mass is 711 g/mol. The van der Waals surface area contributed by atoms with Crippen LogP contribution in [-0.2, 0) is 31.7 Å². The molecule has 258 valence electrons. The third-order valence-electron chi connectivity index (χ3n) is 9.95. The predicted octanol–water partition coefficient (Wildman–Crippen LogP) is 7.96. The van der Waals surface area contributed by atoms with Gasteiger partial charge in [-0.05, 0) is 81.2 Å². The van der Waals surface area contributed by atoms with Gasteiger partial charge >= 0.3 is 0 Å². The quantitative estimate of drug-likeness (QED) is 0.0948. The van der Waals surface area contributed by atoms with Crippen LogP contribution in [0.3, 0.4) is 0 Å². The molecule has 0 aromatic heterocycles. The summed E-state index contributed by atoms with van der Waals surface area (Å²) in [4.78, 5) is 2.28. The molecule has 3 aliphatic rings. The van der Waals surface area contributed by atoms with Gasteiger partial charge in [-0.1, -0.05) is 74.0 Å². The number of halogens is 1. The summed E-state index contributed by atoms with van der Waals surface area (Å²) in [5.41, 5.74) is 8.83. The van der Waals surface area contributed by atoms with Crippen molar-refractivity contribution in [1.82, 2.24) is 0 Å². The zero-order valence-electron chi connectivity index (χ0n) is 28.4. The molecule has 1 aliphatic carbocycles. The van der Waals surface area contributed by atoms with Gasteiger partial charge in [0, 0.05) is 58.3 Å². The van der Waals surface area contributed by atoms with E-state index in [1.165, 1.54) is 22.5 Å². The summed E-state index contributed by atoms with van der Waals surface area (Å²) in [6, 6.07) is 16.8. The van der Waals surface area contributed by atoms with Gasteiger partial charge in [0.2, 0.25) is 5.69 Å². The summed E-state index contributed by atoms with van der Waals surface area (Å²) >= 11 is 7.15. The van der Waals surface area contributed by atoms with Crippen molar-refractivity contribution < 1.29 is 26.0 Å². The van der Waals surface area contributed by atoms with E-state index in [0.717, 1.165) is 59.8 Å². The van der Waals surface area contributed by atoms with Gasteiger partial charge in [0.05, 0.1) is 11.2 Å². The van der Waals surface area contributed by atoms with Gasteiger partial charge < -0.3 is 4.90 Å². The van der Waals surface area contributed by atoms with E-state index < -0.39 is 20.8 Å². The van der Waals surface area contributed by atoms with E-state index in [2.05, 4.69) is 104 Å². The van der Waals surface area contributed by atoms with Gasteiger partial charge in [0.25, 0.3) is 10.1 Å². The van der Waals surface area contributed by atoms with Gasteiger partial charge in [0.15, 0.2) is 5.71 Å². The molecule has 2 aromatic carbocycles. The van der Waals surface area contributed by atoms with Gasteiger partial charge in [-0.2, -0.15) is 13.0 Å². The minimum atomic E-state index is -3.99. The normalized spacial score (nSPS) is 20.5. The zero-order valence-corrected chi connectivity index (χ0v) is 30.9. The van der Waals surface area contributed by atoms with Crippen LogP contribution < -0.4 is 4.90 Å². The fourth-order valence-corrected chi connectivity index (χ4v) is 8.76. The van der Waals surface area contributed by atoms with E-state index in [1.807, 2.05) is 6.07 Å². The lowest BCUT2D eigenvalue weighted by molar-refractivity contribution is -0.438. The van der Waals surface area contributed by atoms with E-state index in [9.17, 15) is 21.4 Å². The second kappa shape index (κ2) is 14.9. The summed E-state index contributed by atoms with van der Waals surface area (Å²) in [7, 11) is -6.35. The second-order valence-electron chi connectivity index (χ2n) is 14.0. The van der Waals surface area contributed by atoms with Crippen molar-refractivity contribution in [2.75, 3.05) is 29.5 Å². The van der Waals surface area contributed by atoms with Crippen molar-refractivity contribution in [2.24, 2.45) is 0 Å². The SMILES string of the molecule is CC1(C)C(/C=C/C2=C(Cl)C(=C/C=C3\N(CCCCS(=O)(=O)O)c4ccccc4C3(C)C)/CCC2)=[N+](CCCC[SH](=O)=O)c2ccccc21. The van der Waals surface area contributed by atoms with Crippen LogP contribution in [0.25, 0.3) is 0 Å². The number of unbranched alkanes of at least 4 members (excludes halogenated alkanes) is 2. The lowest BCUT2D eigenvalue weighted by Crippen LogP contribution is -2.28. The minimum Gasteiger partial charge on any atom is -0.344 e. The maximum absolute atomic E-state index is 11.3. The fourth-order valence-electron chi connectivity index (χ4n) is 7.40. The lowest BCUT2D eigenvalue weighted by atomic mass is 9.81. The molecule has 48 heavy (non-hydrogen) atoms. The molecule has 0 atom stereocenters. The number of anilines is 1. The lowest BCUT2D eigenvalue weighted by Gasteiger charge is -2.27. The Morgan fingerprint density at radius 3 is 2.33 bits per heavy atom. The third-order valence-corrected chi connectivity index (χ3v) is 11.9. The number of nitrogens with zero attached hydrogens (tertiary/aromatic N) is 2. The molecular weight excluding hydrogens is 664 g/mol. The second-order valence-corrected chi connectivity index (χ2v) is 17.1. The molecule has 7 nitrogen and oxygen atoms in total. The number of para-hydroxylation sites is 2. The molecular formula is C38H48ClN2O5S2+. The van der Waals surface area contributed by atoms with E-state index in [0.29, 0.717) is 25.8 Å². The summed E-state index contributed by atoms with van der Waals surface area (Å²) in [5.74, 6) is -0.0298. The number of fused-ring (bicyclic) bond motifs is 2.